The lowest BCUT2D eigenvalue weighted by Gasteiger charge is -2.05. The lowest BCUT2D eigenvalue weighted by Crippen LogP contribution is -2.01. The van der Waals surface area contributed by atoms with Gasteiger partial charge in [-0.2, -0.15) is 5.10 Å². The third kappa shape index (κ3) is 2.20. The van der Waals surface area contributed by atoms with Gasteiger partial charge in [0.25, 0.3) is 0 Å². The van der Waals surface area contributed by atoms with E-state index >= 15 is 0 Å². The second-order valence-corrected chi connectivity index (χ2v) is 5.40. The normalized spacial score (nSPS) is 11.2. The molecule has 0 bridgehead atoms. The van der Waals surface area contributed by atoms with Crippen molar-refractivity contribution in [3.63, 3.8) is 0 Å². The lowest BCUT2D eigenvalue weighted by atomic mass is 10.1. The van der Waals surface area contributed by atoms with Crippen LogP contribution in [0.3, 0.4) is 0 Å². The van der Waals surface area contributed by atoms with Crippen LogP contribution in [-0.2, 0) is 0 Å². The average molecular weight is 325 g/mol. The van der Waals surface area contributed by atoms with Crippen molar-refractivity contribution < 1.29 is 9.90 Å². The molecule has 1 aromatic carbocycles. The van der Waals surface area contributed by atoms with Crippen molar-refractivity contribution in [2.45, 2.75) is 0 Å². The lowest BCUT2D eigenvalue weighted by molar-refractivity contribution is 0.0697. The number of carbonyl (C=O) groups is 1. The first kappa shape index (κ1) is 13.7. The Morgan fingerprint density at radius 1 is 1.13 bits per heavy atom. The molecule has 4 rings (SSSR count). The van der Waals surface area contributed by atoms with Gasteiger partial charge < -0.3 is 5.11 Å². The highest BCUT2D eigenvalue weighted by atomic mass is 35.5. The number of halogens is 1. The Kier molecular flexibility index (Phi) is 2.99. The van der Waals surface area contributed by atoms with Crippen LogP contribution in [0.2, 0.25) is 5.02 Å². The molecule has 4 aromatic rings. The van der Waals surface area contributed by atoms with Gasteiger partial charge in [0.15, 0.2) is 5.82 Å². The number of fused-ring (bicyclic) bond motifs is 2. The van der Waals surface area contributed by atoms with E-state index in [2.05, 4.69) is 15.1 Å². The van der Waals surface area contributed by atoms with E-state index in [0.29, 0.717) is 16.7 Å². The summed E-state index contributed by atoms with van der Waals surface area (Å²) >= 11 is 6.06. The summed E-state index contributed by atoms with van der Waals surface area (Å²) in [6, 6.07) is 8.74. The summed E-state index contributed by atoms with van der Waals surface area (Å²) in [5.74, 6) is -0.459. The van der Waals surface area contributed by atoms with Gasteiger partial charge in [0.1, 0.15) is 0 Å². The Bertz CT molecular complexity index is 1070. The van der Waals surface area contributed by atoms with Crippen molar-refractivity contribution in [3.8, 4) is 5.82 Å². The molecule has 0 fully saturated rings. The molecule has 0 aliphatic heterocycles. The van der Waals surface area contributed by atoms with Crippen LogP contribution in [0.15, 0.2) is 48.9 Å². The van der Waals surface area contributed by atoms with Gasteiger partial charge in [-0.3, -0.25) is 4.98 Å². The van der Waals surface area contributed by atoms with Gasteiger partial charge in [-0.25, -0.2) is 14.5 Å². The molecule has 0 aliphatic carbocycles. The third-order valence-corrected chi connectivity index (χ3v) is 3.90. The quantitative estimate of drug-likeness (QED) is 0.611. The van der Waals surface area contributed by atoms with Crippen LogP contribution in [0.1, 0.15) is 10.4 Å². The Labute approximate surface area is 135 Å². The second kappa shape index (κ2) is 5.03. The standard InChI is InChI=1S/C16H9ClN4O2/c17-12-6-14-10(5-11(12)16(22)23)7-19-21(14)15-2-1-9-3-4-18-8-13(9)20-15/h1-8H,(H,22,23). The molecular weight excluding hydrogens is 316 g/mol. The van der Waals surface area contributed by atoms with Crippen LogP contribution in [0.4, 0.5) is 0 Å². The molecule has 0 saturated heterocycles. The fraction of sp³-hybridized carbons (Fsp3) is 0. The molecular formula is C16H9ClN4O2. The van der Waals surface area contributed by atoms with E-state index in [-0.39, 0.29) is 10.6 Å². The number of hydrogen-bond donors (Lipinski definition) is 1. The molecule has 23 heavy (non-hydrogen) atoms. The predicted octanol–water partition coefficient (Wildman–Crippen LogP) is 3.32. The van der Waals surface area contributed by atoms with Gasteiger partial charge in [-0.05, 0) is 30.3 Å². The predicted molar refractivity (Wildman–Crippen MR) is 86.1 cm³/mol. The molecule has 112 valence electrons. The SMILES string of the molecule is O=C(O)c1cc2cnn(-c3ccc4ccncc4n3)c2cc1Cl. The minimum absolute atomic E-state index is 0.0504. The van der Waals surface area contributed by atoms with Crippen molar-refractivity contribution in [2.24, 2.45) is 0 Å². The first-order valence-corrected chi connectivity index (χ1v) is 7.13. The number of carboxylic acids is 1. The summed E-state index contributed by atoms with van der Waals surface area (Å²) in [4.78, 5) is 19.8. The highest BCUT2D eigenvalue weighted by Gasteiger charge is 2.14. The highest BCUT2D eigenvalue weighted by molar-refractivity contribution is 6.34. The molecule has 0 aliphatic rings. The molecule has 3 aromatic heterocycles. The molecule has 6 nitrogen and oxygen atoms in total. The van der Waals surface area contributed by atoms with Crippen molar-refractivity contribution in [2.75, 3.05) is 0 Å². The maximum atomic E-state index is 11.2. The van der Waals surface area contributed by atoms with Gasteiger partial charge in [-0.15, -0.1) is 0 Å². The smallest absolute Gasteiger partial charge is 0.337 e. The van der Waals surface area contributed by atoms with Crippen LogP contribution in [-0.4, -0.2) is 30.8 Å². The maximum Gasteiger partial charge on any atom is 0.337 e. The van der Waals surface area contributed by atoms with E-state index in [4.69, 9.17) is 16.7 Å². The molecule has 1 N–H and O–H groups in total. The van der Waals surface area contributed by atoms with Crippen molar-refractivity contribution in [1.29, 1.82) is 0 Å². The average Bonchev–Trinajstić information content (AvgIpc) is 2.96. The molecule has 3 heterocycles. The Balaban J connectivity index is 1.94. The Morgan fingerprint density at radius 2 is 2.00 bits per heavy atom. The summed E-state index contributed by atoms with van der Waals surface area (Å²) in [6.45, 7) is 0. The van der Waals surface area contributed by atoms with E-state index < -0.39 is 5.97 Å². The van der Waals surface area contributed by atoms with Crippen molar-refractivity contribution >= 4 is 39.4 Å². The van der Waals surface area contributed by atoms with Gasteiger partial charge in [0.2, 0.25) is 0 Å². The Hall–Kier alpha value is -2.99. The zero-order valence-electron chi connectivity index (χ0n) is 11.6. The molecule has 0 unspecified atom stereocenters. The number of benzene rings is 1. The van der Waals surface area contributed by atoms with Crippen LogP contribution in [0, 0.1) is 0 Å². The van der Waals surface area contributed by atoms with Crippen LogP contribution in [0.5, 0.6) is 0 Å². The van der Waals surface area contributed by atoms with Crippen molar-refractivity contribution in [1.82, 2.24) is 19.7 Å². The summed E-state index contributed by atoms with van der Waals surface area (Å²) in [5, 5.41) is 15.3. The van der Waals surface area contributed by atoms with E-state index in [1.807, 2.05) is 18.2 Å². The number of aromatic nitrogens is 4. The third-order valence-electron chi connectivity index (χ3n) is 3.58. The number of hydrogen-bond acceptors (Lipinski definition) is 4. The monoisotopic (exact) mass is 324 g/mol. The minimum atomic E-state index is -1.07. The first-order chi connectivity index (χ1) is 11.1. The van der Waals surface area contributed by atoms with Crippen LogP contribution >= 0.6 is 11.6 Å². The number of pyridine rings is 2. The summed E-state index contributed by atoms with van der Waals surface area (Å²) < 4.78 is 1.62. The van der Waals surface area contributed by atoms with E-state index in [0.717, 1.165) is 10.9 Å². The Morgan fingerprint density at radius 3 is 2.83 bits per heavy atom. The zero-order valence-corrected chi connectivity index (χ0v) is 12.4. The molecule has 0 spiro atoms. The fourth-order valence-corrected chi connectivity index (χ4v) is 2.71. The second-order valence-electron chi connectivity index (χ2n) is 4.99. The van der Waals surface area contributed by atoms with Crippen LogP contribution in [0.25, 0.3) is 27.6 Å². The number of rotatable bonds is 2. The number of nitrogens with zero attached hydrogens (tertiary/aromatic N) is 4. The van der Waals surface area contributed by atoms with E-state index in [9.17, 15) is 4.79 Å². The largest absolute Gasteiger partial charge is 0.478 e. The van der Waals surface area contributed by atoms with Gasteiger partial charge >= 0.3 is 5.97 Å². The van der Waals surface area contributed by atoms with E-state index in [1.165, 1.54) is 6.07 Å². The number of aromatic carboxylic acids is 1. The topological polar surface area (TPSA) is 80.9 Å². The van der Waals surface area contributed by atoms with Gasteiger partial charge in [0.05, 0.1) is 34.0 Å². The first-order valence-electron chi connectivity index (χ1n) is 6.75. The fourth-order valence-electron chi connectivity index (χ4n) is 2.47. The molecule has 0 radical (unpaired) electrons. The molecule has 0 amide bonds. The van der Waals surface area contributed by atoms with Crippen molar-refractivity contribution in [3.05, 3.63) is 59.5 Å². The number of carboxylic acid groups (broad SMARTS) is 1. The maximum absolute atomic E-state index is 11.2. The zero-order chi connectivity index (χ0) is 16.0. The van der Waals surface area contributed by atoms with E-state index in [1.54, 1.807) is 29.3 Å². The summed E-state index contributed by atoms with van der Waals surface area (Å²) in [5.41, 5.74) is 1.49. The molecule has 7 heteroatoms. The molecule has 0 saturated carbocycles. The summed E-state index contributed by atoms with van der Waals surface area (Å²) in [6.07, 6.45) is 4.98. The molecule has 0 atom stereocenters. The minimum Gasteiger partial charge on any atom is -0.478 e. The van der Waals surface area contributed by atoms with Gasteiger partial charge in [-0.1, -0.05) is 11.6 Å². The summed E-state index contributed by atoms with van der Waals surface area (Å²) in [7, 11) is 0. The van der Waals surface area contributed by atoms with Gasteiger partial charge in [0, 0.05) is 17.0 Å². The highest BCUT2D eigenvalue weighted by Crippen LogP contribution is 2.26. The van der Waals surface area contributed by atoms with Crippen LogP contribution < -0.4 is 0 Å².